The Hall–Kier alpha value is -1.72. The van der Waals surface area contributed by atoms with Crippen molar-refractivity contribution >= 4 is 22.8 Å². The molecule has 0 fully saturated rings. The van der Waals surface area contributed by atoms with Crippen molar-refractivity contribution in [1.82, 2.24) is 10.3 Å². The molecule has 0 aliphatic rings. The highest BCUT2D eigenvalue weighted by Crippen LogP contribution is 2.29. The number of nitrogens with zero attached hydrogens (tertiary/aromatic N) is 1. The predicted molar refractivity (Wildman–Crippen MR) is 79.7 cm³/mol. The standard InChI is InChI=1S/C14H17N3OS/c1-11-13(12-5-3-2-4-6-12)17-14(19-11)16-8-7-15-9-10-18/h2-6,10,15H,7-9H2,1H3,(H,16,17). The minimum absolute atomic E-state index is 0.397. The Kier molecular flexibility index (Phi) is 5.06. The molecule has 0 aliphatic heterocycles. The third-order valence-electron chi connectivity index (χ3n) is 2.65. The normalized spacial score (nSPS) is 10.4. The number of benzene rings is 1. The number of carbonyl (C=O) groups is 1. The van der Waals surface area contributed by atoms with Gasteiger partial charge in [-0.2, -0.15) is 0 Å². The zero-order valence-electron chi connectivity index (χ0n) is 10.8. The summed E-state index contributed by atoms with van der Waals surface area (Å²) in [6.07, 6.45) is 0.862. The van der Waals surface area contributed by atoms with Crippen molar-refractivity contribution in [3.8, 4) is 11.3 Å². The quantitative estimate of drug-likeness (QED) is 0.601. The number of nitrogens with one attached hydrogen (secondary N) is 2. The van der Waals surface area contributed by atoms with Gasteiger partial charge in [0.1, 0.15) is 6.29 Å². The Bertz CT molecular complexity index is 525. The molecule has 2 N–H and O–H groups in total. The van der Waals surface area contributed by atoms with E-state index in [-0.39, 0.29) is 0 Å². The summed E-state index contributed by atoms with van der Waals surface area (Å²) < 4.78 is 0. The van der Waals surface area contributed by atoms with Crippen molar-refractivity contribution in [3.63, 3.8) is 0 Å². The maximum atomic E-state index is 10.1. The molecular weight excluding hydrogens is 258 g/mol. The number of anilines is 1. The average Bonchev–Trinajstić information content (AvgIpc) is 2.81. The molecule has 0 saturated carbocycles. The maximum absolute atomic E-state index is 10.1. The second kappa shape index (κ2) is 7.01. The van der Waals surface area contributed by atoms with Crippen LogP contribution in [0.2, 0.25) is 0 Å². The summed E-state index contributed by atoms with van der Waals surface area (Å²) in [5.41, 5.74) is 2.18. The van der Waals surface area contributed by atoms with Crippen LogP contribution in [0.3, 0.4) is 0 Å². The Morgan fingerprint density at radius 1 is 1.26 bits per heavy atom. The zero-order valence-corrected chi connectivity index (χ0v) is 11.7. The first-order valence-corrected chi connectivity index (χ1v) is 7.04. The van der Waals surface area contributed by atoms with Crippen LogP contribution in [-0.4, -0.2) is 30.9 Å². The molecule has 1 heterocycles. The summed E-state index contributed by atoms with van der Waals surface area (Å²) >= 11 is 1.65. The SMILES string of the molecule is Cc1sc(NCCNCC=O)nc1-c1ccccc1. The second-order valence-corrected chi connectivity index (χ2v) is 5.29. The highest BCUT2D eigenvalue weighted by molar-refractivity contribution is 7.16. The summed E-state index contributed by atoms with van der Waals surface area (Å²) in [6, 6.07) is 10.2. The summed E-state index contributed by atoms with van der Waals surface area (Å²) in [7, 11) is 0. The number of aromatic nitrogens is 1. The van der Waals surface area contributed by atoms with Gasteiger partial charge in [-0.1, -0.05) is 30.3 Å². The molecule has 100 valence electrons. The van der Waals surface area contributed by atoms with E-state index < -0.39 is 0 Å². The molecule has 0 unspecified atom stereocenters. The van der Waals surface area contributed by atoms with Gasteiger partial charge < -0.3 is 15.4 Å². The van der Waals surface area contributed by atoms with Gasteiger partial charge >= 0.3 is 0 Å². The number of hydrogen-bond acceptors (Lipinski definition) is 5. The van der Waals surface area contributed by atoms with Crippen molar-refractivity contribution < 1.29 is 4.79 Å². The van der Waals surface area contributed by atoms with E-state index >= 15 is 0 Å². The summed E-state index contributed by atoms with van der Waals surface area (Å²) in [6.45, 7) is 3.98. The van der Waals surface area contributed by atoms with E-state index in [0.29, 0.717) is 6.54 Å². The van der Waals surface area contributed by atoms with Crippen LogP contribution in [0.5, 0.6) is 0 Å². The van der Waals surface area contributed by atoms with Crippen LogP contribution in [0.15, 0.2) is 30.3 Å². The lowest BCUT2D eigenvalue weighted by Gasteiger charge is -2.02. The molecule has 5 heteroatoms. The van der Waals surface area contributed by atoms with Crippen LogP contribution in [0.1, 0.15) is 4.88 Å². The van der Waals surface area contributed by atoms with Crippen molar-refractivity contribution in [2.24, 2.45) is 0 Å². The summed E-state index contributed by atoms with van der Waals surface area (Å²) in [5.74, 6) is 0. The van der Waals surface area contributed by atoms with E-state index in [2.05, 4.69) is 34.7 Å². The third-order valence-corrected chi connectivity index (χ3v) is 3.58. The zero-order chi connectivity index (χ0) is 13.5. The van der Waals surface area contributed by atoms with Gasteiger partial charge in [0.15, 0.2) is 5.13 Å². The number of thiazole rings is 1. The molecule has 0 atom stereocenters. The molecule has 1 aromatic carbocycles. The molecule has 4 nitrogen and oxygen atoms in total. The molecule has 0 spiro atoms. The Morgan fingerprint density at radius 2 is 2.05 bits per heavy atom. The predicted octanol–water partition coefficient (Wildman–Crippen LogP) is 2.32. The van der Waals surface area contributed by atoms with Gasteiger partial charge in [-0.05, 0) is 6.92 Å². The number of carbonyl (C=O) groups excluding carboxylic acids is 1. The van der Waals surface area contributed by atoms with Gasteiger partial charge in [-0.15, -0.1) is 11.3 Å². The first-order chi connectivity index (χ1) is 9.31. The highest BCUT2D eigenvalue weighted by atomic mass is 32.1. The van der Waals surface area contributed by atoms with Gasteiger partial charge in [0, 0.05) is 23.5 Å². The summed E-state index contributed by atoms with van der Waals surface area (Å²) in [5, 5.41) is 7.19. The van der Waals surface area contributed by atoms with Crippen LogP contribution >= 0.6 is 11.3 Å². The fourth-order valence-electron chi connectivity index (χ4n) is 1.75. The molecule has 0 radical (unpaired) electrons. The van der Waals surface area contributed by atoms with Gasteiger partial charge in [-0.3, -0.25) is 0 Å². The van der Waals surface area contributed by atoms with Crippen LogP contribution in [-0.2, 0) is 4.79 Å². The highest BCUT2D eigenvalue weighted by Gasteiger charge is 2.08. The van der Waals surface area contributed by atoms with E-state index in [1.165, 1.54) is 4.88 Å². The lowest BCUT2D eigenvalue weighted by Crippen LogP contribution is -2.23. The number of rotatable bonds is 7. The largest absolute Gasteiger partial charge is 0.360 e. The van der Waals surface area contributed by atoms with E-state index in [4.69, 9.17) is 0 Å². The van der Waals surface area contributed by atoms with Crippen molar-refractivity contribution in [2.45, 2.75) is 6.92 Å². The van der Waals surface area contributed by atoms with Crippen molar-refractivity contribution in [2.75, 3.05) is 25.0 Å². The van der Waals surface area contributed by atoms with Crippen molar-refractivity contribution in [1.29, 1.82) is 0 Å². The number of aldehydes is 1. The van der Waals surface area contributed by atoms with Gasteiger partial charge in [0.25, 0.3) is 0 Å². The van der Waals surface area contributed by atoms with Crippen LogP contribution < -0.4 is 10.6 Å². The Balaban J connectivity index is 1.95. The van der Waals surface area contributed by atoms with Crippen molar-refractivity contribution in [3.05, 3.63) is 35.2 Å². The summed E-state index contributed by atoms with van der Waals surface area (Å²) in [4.78, 5) is 16.0. The smallest absolute Gasteiger partial charge is 0.183 e. The Morgan fingerprint density at radius 3 is 2.79 bits per heavy atom. The molecule has 0 bridgehead atoms. The topological polar surface area (TPSA) is 54.0 Å². The van der Waals surface area contributed by atoms with E-state index in [9.17, 15) is 4.79 Å². The lowest BCUT2D eigenvalue weighted by molar-refractivity contribution is -0.107. The molecule has 19 heavy (non-hydrogen) atoms. The Labute approximate surface area is 116 Å². The van der Waals surface area contributed by atoms with E-state index in [1.807, 2.05) is 18.2 Å². The molecule has 0 amide bonds. The molecule has 2 aromatic rings. The lowest BCUT2D eigenvalue weighted by atomic mass is 10.1. The third kappa shape index (κ3) is 3.87. The minimum Gasteiger partial charge on any atom is -0.360 e. The second-order valence-electron chi connectivity index (χ2n) is 4.09. The molecule has 0 saturated heterocycles. The first kappa shape index (κ1) is 13.7. The minimum atomic E-state index is 0.397. The molecule has 1 aromatic heterocycles. The first-order valence-electron chi connectivity index (χ1n) is 6.22. The maximum Gasteiger partial charge on any atom is 0.183 e. The molecular formula is C14H17N3OS. The van der Waals surface area contributed by atoms with Gasteiger partial charge in [0.2, 0.25) is 0 Å². The van der Waals surface area contributed by atoms with E-state index in [0.717, 1.165) is 35.8 Å². The van der Waals surface area contributed by atoms with Gasteiger partial charge in [-0.25, -0.2) is 4.98 Å². The fourth-order valence-corrected chi connectivity index (χ4v) is 2.62. The average molecular weight is 275 g/mol. The molecule has 2 rings (SSSR count). The number of aryl methyl sites for hydroxylation is 1. The van der Waals surface area contributed by atoms with Crippen LogP contribution in [0.4, 0.5) is 5.13 Å². The fraction of sp³-hybridized carbons (Fsp3) is 0.286. The monoisotopic (exact) mass is 275 g/mol. The number of hydrogen-bond donors (Lipinski definition) is 2. The van der Waals surface area contributed by atoms with Gasteiger partial charge in [0.05, 0.1) is 12.2 Å². The molecule has 0 aliphatic carbocycles. The van der Waals surface area contributed by atoms with E-state index in [1.54, 1.807) is 11.3 Å². The van der Waals surface area contributed by atoms with Crippen LogP contribution in [0.25, 0.3) is 11.3 Å². The van der Waals surface area contributed by atoms with Crippen LogP contribution in [0, 0.1) is 6.92 Å².